The standard InChI is InChI=1S/C21H21ClF4N4O2/c22-18-6-5-16(11-17(18)21(24,25)26)28-20(32)13-30-9-7-29(8-10-30)12-19(31)27-15-3-1-14(23)2-4-15/h1-6,11H,7-10,12-13H2,(H,27,31)(H,28,32). The zero-order valence-corrected chi connectivity index (χ0v) is 17.6. The van der Waals surface area contributed by atoms with Crippen LogP contribution in [0.1, 0.15) is 5.56 Å². The number of hydrogen-bond donors (Lipinski definition) is 2. The van der Waals surface area contributed by atoms with Crippen LogP contribution in [0.4, 0.5) is 28.9 Å². The molecule has 6 nitrogen and oxygen atoms in total. The monoisotopic (exact) mass is 472 g/mol. The molecule has 0 spiro atoms. The molecule has 1 heterocycles. The molecule has 11 heteroatoms. The Morgan fingerprint density at radius 3 is 1.81 bits per heavy atom. The van der Waals surface area contributed by atoms with E-state index in [0.717, 1.165) is 12.1 Å². The molecule has 1 fully saturated rings. The van der Waals surface area contributed by atoms with E-state index in [1.807, 2.05) is 9.80 Å². The molecular formula is C21H21ClF4N4O2. The van der Waals surface area contributed by atoms with Gasteiger partial charge in [-0.25, -0.2) is 4.39 Å². The zero-order chi connectivity index (χ0) is 23.3. The average Bonchev–Trinajstić information content (AvgIpc) is 2.72. The molecule has 0 aliphatic carbocycles. The lowest BCUT2D eigenvalue weighted by Gasteiger charge is -2.33. The lowest BCUT2D eigenvalue weighted by Crippen LogP contribution is -2.50. The molecule has 2 amide bonds. The van der Waals surface area contributed by atoms with Crippen molar-refractivity contribution in [2.45, 2.75) is 6.18 Å². The highest BCUT2D eigenvalue weighted by Crippen LogP contribution is 2.36. The molecule has 2 aromatic rings. The number of hydrogen-bond acceptors (Lipinski definition) is 4. The van der Waals surface area contributed by atoms with Crippen molar-refractivity contribution >= 4 is 34.8 Å². The first-order valence-electron chi connectivity index (χ1n) is 9.77. The summed E-state index contributed by atoms with van der Waals surface area (Å²) in [5.41, 5.74) is -0.491. The van der Waals surface area contributed by atoms with Crippen LogP contribution >= 0.6 is 11.6 Å². The summed E-state index contributed by atoms with van der Waals surface area (Å²) in [7, 11) is 0. The van der Waals surface area contributed by atoms with Crippen molar-refractivity contribution in [1.82, 2.24) is 9.80 Å². The third-order valence-electron chi connectivity index (χ3n) is 4.88. The Balaban J connectivity index is 1.43. The minimum atomic E-state index is -4.61. The quantitative estimate of drug-likeness (QED) is 0.629. The maximum Gasteiger partial charge on any atom is 0.417 e. The average molecular weight is 473 g/mol. The van der Waals surface area contributed by atoms with E-state index in [2.05, 4.69) is 10.6 Å². The lowest BCUT2D eigenvalue weighted by atomic mass is 10.2. The Morgan fingerprint density at radius 1 is 0.844 bits per heavy atom. The van der Waals surface area contributed by atoms with Gasteiger partial charge in [0.2, 0.25) is 11.8 Å². The molecule has 0 saturated carbocycles. The molecule has 0 radical (unpaired) electrons. The fourth-order valence-corrected chi connectivity index (χ4v) is 3.49. The van der Waals surface area contributed by atoms with Gasteiger partial charge in [0, 0.05) is 37.6 Å². The van der Waals surface area contributed by atoms with Gasteiger partial charge in [-0.3, -0.25) is 19.4 Å². The van der Waals surface area contributed by atoms with Gasteiger partial charge in [-0.1, -0.05) is 11.6 Å². The zero-order valence-electron chi connectivity index (χ0n) is 16.9. The van der Waals surface area contributed by atoms with Gasteiger partial charge >= 0.3 is 6.18 Å². The van der Waals surface area contributed by atoms with E-state index in [1.165, 1.54) is 30.3 Å². The maximum atomic E-state index is 13.0. The van der Waals surface area contributed by atoms with Gasteiger partial charge in [-0.2, -0.15) is 13.2 Å². The third-order valence-corrected chi connectivity index (χ3v) is 5.21. The summed E-state index contributed by atoms with van der Waals surface area (Å²) in [5, 5.41) is 4.72. The van der Waals surface area contributed by atoms with Crippen LogP contribution in [0.15, 0.2) is 42.5 Å². The predicted molar refractivity (Wildman–Crippen MR) is 113 cm³/mol. The van der Waals surface area contributed by atoms with Gasteiger partial charge in [-0.05, 0) is 42.5 Å². The first-order valence-corrected chi connectivity index (χ1v) is 10.1. The summed E-state index contributed by atoms with van der Waals surface area (Å²) in [6, 6.07) is 8.67. The van der Waals surface area contributed by atoms with Crippen LogP contribution < -0.4 is 10.6 Å². The molecule has 1 aliphatic rings. The van der Waals surface area contributed by atoms with Gasteiger partial charge in [-0.15, -0.1) is 0 Å². The van der Waals surface area contributed by atoms with E-state index in [9.17, 15) is 27.2 Å². The molecule has 172 valence electrons. The van der Waals surface area contributed by atoms with Gasteiger partial charge < -0.3 is 10.6 Å². The summed E-state index contributed by atoms with van der Waals surface area (Å²) in [5.74, 6) is -1.06. The molecule has 0 atom stereocenters. The molecule has 0 aromatic heterocycles. The smallest absolute Gasteiger partial charge is 0.325 e. The number of amides is 2. The van der Waals surface area contributed by atoms with E-state index in [4.69, 9.17) is 11.6 Å². The second-order valence-corrected chi connectivity index (χ2v) is 7.76. The van der Waals surface area contributed by atoms with Crippen LogP contribution in [0.3, 0.4) is 0 Å². The third kappa shape index (κ3) is 6.91. The van der Waals surface area contributed by atoms with Crippen molar-refractivity contribution < 1.29 is 27.2 Å². The van der Waals surface area contributed by atoms with Gasteiger partial charge in [0.1, 0.15) is 5.82 Å². The molecule has 0 unspecified atom stereocenters. The van der Waals surface area contributed by atoms with E-state index in [1.54, 1.807) is 0 Å². The highest BCUT2D eigenvalue weighted by molar-refractivity contribution is 6.31. The second kappa shape index (κ2) is 10.3. The number of benzene rings is 2. The number of alkyl halides is 3. The number of nitrogens with zero attached hydrogens (tertiary/aromatic N) is 2. The summed E-state index contributed by atoms with van der Waals surface area (Å²) in [4.78, 5) is 28.1. The Kier molecular flexibility index (Phi) is 7.70. The van der Waals surface area contributed by atoms with Crippen molar-refractivity contribution in [3.05, 3.63) is 58.9 Å². The molecule has 2 aromatic carbocycles. The van der Waals surface area contributed by atoms with Gasteiger partial charge in [0.05, 0.1) is 23.7 Å². The number of anilines is 2. The Bertz CT molecular complexity index is 961. The topological polar surface area (TPSA) is 64.7 Å². The van der Waals surface area contributed by atoms with Crippen molar-refractivity contribution in [2.24, 2.45) is 0 Å². The number of carbonyl (C=O) groups excluding carboxylic acids is 2. The van der Waals surface area contributed by atoms with Crippen molar-refractivity contribution in [2.75, 3.05) is 49.9 Å². The number of nitrogens with one attached hydrogen (secondary N) is 2. The molecule has 32 heavy (non-hydrogen) atoms. The largest absolute Gasteiger partial charge is 0.417 e. The van der Waals surface area contributed by atoms with E-state index < -0.39 is 22.7 Å². The minimum Gasteiger partial charge on any atom is -0.325 e. The van der Waals surface area contributed by atoms with E-state index in [0.29, 0.717) is 31.9 Å². The Hall–Kier alpha value is -2.69. The predicted octanol–water partition coefficient (Wildman–Crippen LogP) is 3.69. The van der Waals surface area contributed by atoms with Crippen LogP contribution in [-0.4, -0.2) is 60.9 Å². The SMILES string of the molecule is O=C(CN1CCN(CC(=O)Nc2ccc(Cl)c(C(F)(F)F)c2)CC1)Nc1ccc(F)cc1. The van der Waals surface area contributed by atoms with Crippen molar-refractivity contribution in [3.63, 3.8) is 0 Å². The first-order chi connectivity index (χ1) is 15.1. The lowest BCUT2D eigenvalue weighted by molar-refractivity contribution is -0.137. The van der Waals surface area contributed by atoms with Crippen LogP contribution in [0.5, 0.6) is 0 Å². The maximum absolute atomic E-state index is 13.0. The van der Waals surface area contributed by atoms with E-state index >= 15 is 0 Å². The minimum absolute atomic E-state index is 0.0135. The normalized spacial score (nSPS) is 15.4. The first kappa shape index (κ1) is 24.0. The Morgan fingerprint density at radius 2 is 1.31 bits per heavy atom. The number of piperazine rings is 1. The number of carbonyl (C=O) groups is 2. The molecule has 2 N–H and O–H groups in total. The fraction of sp³-hybridized carbons (Fsp3) is 0.333. The second-order valence-electron chi connectivity index (χ2n) is 7.35. The highest BCUT2D eigenvalue weighted by atomic mass is 35.5. The van der Waals surface area contributed by atoms with Gasteiger partial charge in [0.25, 0.3) is 0 Å². The number of halogens is 5. The molecular weight excluding hydrogens is 452 g/mol. The van der Waals surface area contributed by atoms with Crippen LogP contribution in [-0.2, 0) is 15.8 Å². The van der Waals surface area contributed by atoms with Crippen LogP contribution in [0, 0.1) is 5.82 Å². The summed E-state index contributed by atoms with van der Waals surface area (Å²) >= 11 is 5.59. The summed E-state index contributed by atoms with van der Waals surface area (Å²) in [6.45, 7) is 2.30. The van der Waals surface area contributed by atoms with Gasteiger partial charge in [0.15, 0.2) is 0 Å². The molecule has 1 aliphatic heterocycles. The summed E-state index contributed by atoms with van der Waals surface area (Å²) < 4.78 is 51.8. The molecule has 3 rings (SSSR count). The van der Waals surface area contributed by atoms with Crippen molar-refractivity contribution in [1.29, 1.82) is 0 Å². The van der Waals surface area contributed by atoms with Crippen LogP contribution in [0.25, 0.3) is 0 Å². The molecule has 1 saturated heterocycles. The Labute approximate surface area is 187 Å². The summed E-state index contributed by atoms with van der Waals surface area (Å²) in [6.07, 6.45) is -4.61. The number of rotatable bonds is 6. The highest BCUT2D eigenvalue weighted by Gasteiger charge is 2.33. The fourth-order valence-electron chi connectivity index (χ4n) is 3.27. The van der Waals surface area contributed by atoms with E-state index in [-0.39, 0.29) is 30.5 Å². The molecule has 0 bridgehead atoms. The van der Waals surface area contributed by atoms with Crippen LogP contribution in [0.2, 0.25) is 5.02 Å². The van der Waals surface area contributed by atoms with Crippen molar-refractivity contribution in [3.8, 4) is 0 Å².